The van der Waals surface area contributed by atoms with Crippen LogP contribution in [0.25, 0.3) is 17.2 Å². The Hall–Kier alpha value is -2.86. The molecule has 27 heavy (non-hydrogen) atoms. The minimum absolute atomic E-state index is 0.365. The lowest BCUT2D eigenvalue weighted by Gasteiger charge is -2.08. The fraction of sp³-hybridized carbons (Fsp3) is 0.333. The van der Waals surface area contributed by atoms with E-state index >= 15 is 0 Å². The second kappa shape index (κ2) is 11.7. The first-order valence-electron chi connectivity index (χ1n) is 9.69. The normalized spacial score (nSPS) is 10.7. The predicted octanol–water partition coefficient (Wildman–Crippen LogP) is 6.14. The van der Waals surface area contributed by atoms with E-state index in [1.807, 2.05) is 42.5 Å². The average molecular weight is 361 g/mol. The number of benzene rings is 2. The van der Waals surface area contributed by atoms with Crippen LogP contribution in [-0.4, -0.2) is 12.6 Å². The van der Waals surface area contributed by atoms with Crippen molar-refractivity contribution in [2.24, 2.45) is 0 Å². The van der Waals surface area contributed by atoms with Gasteiger partial charge in [-0.3, -0.25) is 0 Å². The molecule has 0 atom stereocenters. The van der Waals surface area contributed by atoms with Gasteiger partial charge in [0.1, 0.15) is 0 Å². The summed E-state index contributed by atoms with van der Waals surface area (Å²) in [4.78, 5) is 12.0. The molecule has 3 heteroatoms. The van der Waals surface area contributed by atoms with Crippen molar-refractivity contribution in [2.45, 2.75) is 45.4 Å². The smallest absolute Gasteiger partial charge is 0.330 e. The highest BCUT2D eigenvalue weighted by molar-refractivity contribution is 5.90. The number of nitrogens with zero attached hydrogens (tertiary/aromatic N) is 1. The number of carbonyl (C=O) groups is 1. The standard InChI is InChI=1S/C24H27NO2/c1-2-3-4-5-6-10-18-27-24(26)17-16-23-21(19-25)14-11-15-22(23)20-12-8-7-9-13-20/h7-9,11-17H,2-6,10,18H2,1H3. The number of esters is 1. The van der Waals surface area contributed by atoms with Crippen LogP contribution >= 0.6 is 0 Å². The van der Waals surface area contributed by atoms with E-state index in [9.17, 15) is 10.1 Å². The predicted molar refractivity (Wildman–Crippen MR) is 110 cm³/mol. The van der Waals surface area contributed by atoms with Gasteiger partial charge in [-0.25, -0.2) is 4.79 Å². The van der Waals surface area contributed by atoms with Crippen LogP contribution in [0.15, 0.2) is 54.6 Å². The minimum atomic E-state index is -0.365. The Balaban J connectivity index is 1.98. The molecule has 2 aromatic rings. The molecule has 0 N–H and O–H groups in total. The molecule has 0 radical (unpaired) electrons. The molecule has 0 aromatic heterocycles. The molecule has 0 aliphatic carbocycles. The number of unbranched alkanes of at least 4 members (excludes halogenated alkanes) is 5. The number of carbonyl (C=O) groups excluding carboxylic acids is 1. The fourth-order valence-electron chi connectivity index (χ4n) is 2.97. The maximum atomic E-state index is 12.0. The van der Waals surface area contributed by atoms with E-state index in [2.05, 4.69) is 13.0 Å². The molecule has 0 unspecified atom stereocenters. The van der Waals surface area contributed by atoms with Crippen molar-refractivity contribution in [3.63, 3.8) is 0 Å². The van der Waals surface area contributed by atoms with Gasteiger partial charge in [-0.15, -0.1) is 0 Å². The molecule has 2 rings (SSSR count). The highest BCUT2D eigenvalue weighted by Crippen LogP contribution is 2.27. The molecule has 3 nitrogen and oxygen atoms in total. The van der Waals surface area contributed by atoms with Crippen molar-refractivity contribution >= 4 is 12.0 Å². The lowest BCUT2D eigenvalue weighted by atomic mass is 9.95. The lowest BCUT2D eigenvalue weighted by molar-refractivity contribution is -0.137. The summed E-state index contributed by atoms with van der Waals surface area (Å²) in [7, 11) is 0. The van der Waals surface area contributed by atoms with Gasteiger partial charge < -0.3 is 4.74 Å². The molecule has 0 saturated carbocycles. The van der Waals surface area contributed by atoms with Crippen LogP contribution in [0.5, 0.6) is 0 Å². The van der Waals surface area contributed by atoms with Gasteiger partial charge in [0.2, 0.25) is 0 Å². The van der Waals surface area contributed by atoms with Gasteiger partial charge in [0.25, 0.3) is 0 Å². The van der Waals surface area contributed by atoms with Gasteiger partial charge in [-0.1, -0.05) is 81.5 Å². The first kappa shape index (κ1) is 20.5. The van der Waals surface area contributed by atoms with Crippen LogP contribution in [0.2, 0.25) is 0 Å². The molecule has 0 aliphatic rings. The van der Waals surface area contributed by atoms with Crippen molar-refractivity contribution in [3.05, 3.63) is 65.7 Å². The molecule has 0 heterocycles. The zero-order valence-electron chi connectivity index (χ0n) is 16.0. The van der Waals surface area contributed by atoms with Crippen molar-refractivity contribution in [1.29, 1.82) is 5.26 Å². The van der Waals surface area contributed by atoms with Crippen molar-refractivity contribution in [1.82, 2.24) is 0 Å². The van der Waals surface area contributed by atoms with E-state index in [-0.39, 0.29) is 5.97 Å². The summed E-state index contributed by atoms with van der Waals surface area (Å²) in [6.07, 6.45) is 10.0. The van der Waals surface area contributed by atoms with Crippen LogP contribution in [0.3, 0.4) is 0 Å². The lowest BCUT2D eigenvalue weighted by Crippen LogP contribution is -2.02. The third-order valence-electron chi connectivity index (χ3n) is 4.44. The third-order valence-corrected chi connectivity index (χ3v) is 4.44. The molecule has 0 amide bonds. The zero-order chi connectivity index (χ0) is 19.3. The topological polar surface area (TPSA) is 50.1 Å². The van der Waals surface area contributed by atoms with Gasteiger partial charge in [-0.05, 0) is 29.7 Å². The Bertz CT molecular complexity index is 788. The Morgan fingerprint density at radius 1 is 1.00 bits per heavy atom. The van der Waals surface area contributed by atoms with Crippen LogP contribution in [0.1, 0.15) is 56.6 Å². The van der Waals surface area contributed by atoms with Crippen LogP contribution in [-0.2, 0) is 9.53 Å². The first-order chi connectivity index (χ1) is 13.3. The van der Waals surface area contributed by atoms with E-state index in [1.54, 1.807) is 12.1 Å². The summed E-state index contributed by atoms with van der Waals surface area (Å²) in [6, 6.07) is 17.6. The summed E-state index contributed by atoms with van der Waals surface area (Å²) < 4.78 is 5.28. The summed E-state index contributed by atoms with van der Waals surface area (Å²) >= 11 is 0. The van der Waals surface area contributed by atoms with Gasteiger partial charge in [0.15, 0.2) is 0 Å². The maximum Gasteiger partial charge on any atom is 0.330 e. The average Bonchev–Trinajstić information content (AvgIpc) is 2.72. The molecule has 2 aromatic carbocycles. The van der Waals surface area contributed by atoms with Crippen LogP contribution < -0.4 is 0 Å². The van der Waals surface area contributed by atoms with Crippen molar-refractivity contribution < 1.29 is 9.53 Å². The third kappa shape index (κ3) is 6.75. The summed E-state index contributed by atoms with van der Waals surface area (Å²) in [5.41, 5.74) is 3.21. The number of nitriles is 1. The SMILES string of the molecule is CCCCCCCCOC(=O)C=Cc1c(C#N)cccc1-c1ccccc1. The number of rotatable bonds is 10. The molecule has 0 bridgehead atoms. The molecular formula is C24H27NO2. The van der Waals surface area contributed by atoms with Gasteiger partial charge in [0.05, 0.1) is 18.2 Å². The number of hydrogen-bond donors (Lipinski definition) is 0. The first-order valence-corrected chi connectivity index (χ1v) is 9.69. The highest BCUT2D eigenvalue weighted by Gasteiger charge is 2.08. The van der Waals surface area contributed by atoms with Crippen molar-refractivity contribution in [3.8, 4) is 17.2 Å². The maximum absolute atomic E-state index is 12.0. The molecular weight excluding hydrogens is 334 g/mol. The van der Waals surface area contributed by atoms with Crippen LogP contribution in [0.4, 0.5) is 0 Å². The second-order valence-corrected chi connectivity index (χ2v) is 6.51. The molecule has 140 valence electrons. The van der Waals surface area contributed by atoms with Crippen molar-refractivity contribution in [2.75, 3.05) is 6.61 Å². The summed E-state index contributed by atoms with van der Waals surface area (Å²) in [5.74, 6) is -0.365. The van der Waals surface area contributed by atoms with Gasteiger partial charge in [0, 0.05) is 11.6 Å². The Labute approximate surface area is 162 Å². The monoisotopic (exact) mass is 361 g/mol. The van der Waals surface area contributed by atoms with E-state index < -0.39 is 0 Å². The summed E-state index contributed by atoms with van der Waals surface area (Å²) in [5, 5.41) is 9.42. The van der Waals surface area contributed by atoms with Gasteiger partial charge in [-0.2, -0.15) is 5.26 Å². The molecule has 0 saturated heterocycles. The fourth-order valence-corrected chi connectivity index (χ4v) is 2.97. The molecule has 0 spiro atoms. The quantitative estimate of drug-likeness (QED) is 0.290. The number of ether oxygens (including phenoxy) is 1. The number of hydrogen-bond acceptors (Lipinski definition) is 3. The zero-order valence-corrected chi connectivity index (χ0v) is 16.0. The Morgan fingerprint density at radius 3 is 2.48 bits per heavy atom. The molecule has 0 fully saturated rings. The van der Waals surface area contributed by atoms with E-state index in [0.29, 0.717) is 12.2 Å². The van der Waals surface area contributed by atoms with E-state index in [1.165, 1.54) is 31.8 Å². The second-order valence-electron chi connectivity index (χ2n) is 6.51. The van der Waals surface area contributed by atoms with Crippen LogP contribution in [0, 0.1) is 11.3 Å². The minimum Gasteiger partial charge on any atom is -0.463 e. The van der Waals surface area contributed by atoms with Gasteiger partial charge >= 0.3 is 5.97 Å². The summed E-state index contributed by atoms with van der Waals surface area (Å²) in [6.45, 7) is 2.64. The van der Waals surface area contributed by atoms with E-state index in [4.69, 9.17) is 4.74 Å². The van der Waals surface area contributed by atoms with E-state index in [0.717, 1.165) is 29.5 Å². The Kier molecular flexibility index (Phi) is 8.86. The Morgan fingerprint density at radius 2 is 1.74 bits per heavy atom. The molecule has 0 aliphatic heterocycles. The largest absolute Gasteiger partial charge is 0.463 e. The highest BCUT2D eigenvalue weighted by atomic mass is 16.5.